The van der Waals surface area contributed by atoms with Crippen molar-refractivity contribution < 1.29 is 66.7 Å². The molecule has 0 aliphatic carbocycles. The van der Waals surface area contributed by atoms with E-state index in [1.54, 1.807) is 48.5 Å². The first-order valence-electron chi connectivity index (χ1n) is 19.7. The number of carbonyl (C=O) groups is 6. The Bertz CT molecular complexity index is 1910. The Hall–Kier alpha value is -7.22. The van der Waals surface area contributed by atoms with Gasteiger partial charge in [-0.1, -0.05) is 13.2 Å². The molecule has 0 bridgehead atoms. The number of unbranched alkanes of at least 4 members (excludes halogenated alkanes) is 4. The molecule has 0 saturated carbocycles. The first-order valence-corrected chi connectivity index (χ1v) is 19.7. The third-order valence-corrected chi connectivity index (χ3v) is 8.47. The second kappa shape index (κ2) is 26.0. The van der Waals surface area contributed by atoms with Crippen molar-refractivity contribution in [1.82, 2.24) is 0 Å². The molecule has 4 aromatic carbocycles. The van der Waals surface area contributed by atoms with Gasteiger partial charge < -0.3 is 37.9 Å². The van der Waals surface area contributed by atoms with E-state index in [1.165, 1.54) is 48.5 Å². The number of esters is 6. The first-order chi connectivity index (χ1) is 29.6. The van der Waals surface area contributed by atoms with Gasteiger partial charge in [0.2, 0.25) is 0 Å². The smallest absolute Gasteiger partial charge is 0.343 e. The van der Waals surface area contributed by atoms with Gasteiger partial charge in [-0.15, -0.1) is 0 Å². The van der Waals surface area contributed by atoms with Gasteiger partial charge >= 0.3 is 35.8 Å². The van der Waals surface area contributed by atoms with Crippen molar-refractivity contribution in [3.8, 4) is 23.0 Å². The molecule has 0 spiro atoms. The maximum Gasteiger partial charge on any atom is 0.343 e. The van der Waals surface area contributed by atoms with Crippen LogP contribution in [0, 0.1) is 0 Å². The molecule has 0 fully saturated rings. The van der Waals surface area contributed by atoms with Crippen LogP contribution in [0.2, 0.25) is 0 Å². The van der Waals surface area contributed by atoms with Crippen molar-refractivity contribution in [2.75, 3.05) is 39.6 Å². The molecule has 4 rings (SSSR count). The minimum atomic E-state index is -0.573. The Labute approximate surface area is 353 Å². The summed E-state index contributed by atoms with van der Waals surface area (Å²) in [6, 6.07) is 25.0. The summed E-state index contributed by atoms with van der Waals surface area (Å²) in [7, 11) is 0. The third-order valence-electron chi connectivity index (χ3n) is 8.47. The third kappa shape index (κ3) is 17.3. The van der Waals surface area contributed by atoms with Crippen LogP contribution in [-0.2, 0) is 28.5 Å². The standard InChI is InChI=1S/C47H48O14/c1-3-42(48)56-30-10-8-28-54-38-20-12-36(13-21-38)46(52)60-40-24-16-34(17-25-40)44(50)58-32-6-5-7-33-59-45(51)35-18-26-41(27-19-35)61-47(53)37-14-22-39(23-15-37)55-29-9-11-31-57-43(49)4-2/h3-4,12-27H,1-2,5-11,28-33H2. The van der Waals surface area contributed by atoms with Crippen LogP contribution < -0.4 is 18.9 Å². The van der Waals surface area contributed by atoms with Gasteiger partial charge in [-0.25, -0.2) is 28.8 Å². The van der Waals surface area contributed by atoms with E-state index in [9.17, 15) is 28.8 Å². The lowest BCUT2D eigenvalue weighted by Gasteiger charge is -2.09. The maximum absolute atomic E-state index is 12.6. The summed E-state index contributed by atoms with van der Waals surface area (Å²) in [4.78, 5) is 72.3. The van der Waals surface area contributed by atoms with E-state index in [-0.39, 0.29) is 37.9 Å². The zero-order chi connectivity index (χ0) is 43.7. The molecule has 0 aliphatic rings. The first kappa shape index (κ1) is 46.5. The lowest BCUT2D eigenvalue weighted by molar-refractivity contribution is -0.138. The Kier molecular flexibility index (Phi) is 19.8. The number of hydrogen-bond donors (Lipinski definition) is 0. The molecule has 0 heterocycles. The summed E-state index contributed by atoms with van der Waals surface area (Å²) in [5, 5.41) is 0. The molecule has 0 aliphatic heterocycles. The molecule has 0 saturated heterocycles. The number of rotatable bonds is 26. The predicted molar refractivity (Wildman–Crippen MR) is 222 cm³/mol. The van der Waals surface area contributed by atoms with E-state index < -0.39 is 35.8 Å². The highest BCUT2D eigenvalue weighted by atomic mass is 16.6. The number of hydrogen-bond acceptors (Lipinski definition) is 14. The average Bonchev–Trinajstić information content (AvgIpc) is 3.28. The van der Waals surface area contributed by atoms with Gasteiger partial charge in [0, 0.05) is 12.2 Å². The van der Waals surface area contributed by atoms with Gasteiger partial charge in [0.25, 0.3) is 0 Å². The summed E-state index contributed by atoms with van der Waals surface area (Å²) in [6.45, 7) is 8.44. The largest absolute Gasteiger partial charge is 0.494 e. The molecule has 14 heteroatoms. The van der Waals surface area contributed by atoms with Crippen LogP contribution in [0.4, 0.5) is 0 Å². The SMILES string of the molecule is C=CC(=O)OCCCCOc1ccc(C(=O)Oc2ccc(C(=O)OCCCCCOC(=O)c3ccc(OC(=O)c4ccc(OCCCCOC(=O)C=C)cc4)cc3)cc2)cc1. The van der Waals surface area contributed by atoms with Crippen LogP contribution in [0.5, 0.6) is 23.0 Å². The monoisotopic (exact) mass is 836 g/mol. The zero-order valence-corrected chi connectivity index (χ0v) is 33.7. The summed E-state index contributed by atoms with van der Waals surface area (Å²) in [5.74, 6) is -1.43. The molecule has 0 atom stereocenters. The van der Waals surface area contributed by atoms with Gasteiger partial charge in [0.05, 0.1) is 61.9 Å². The van der Waals surface area contributed by atoms with E-state index in [0.717, 1.165) is 12.2 Å². The molecular weight excluding hydrogens is 789 g/mol. The molecule has 320 valence electrons. The molecule has 0 unspecified atom stereocenters. The summed E-state index contributed by atoms with van der Waals surface area (Å²) in [6.07, 6.45) is 6.64. The molecule has 0 radical (unpaired) electrons. The lowest BCUT2D eigenvalue weighted by atomic mass is 10.2. The highest BCUT2D eigenvalue weighted by Gasteiger charge is 2.14. The van der Waals surface area contributed by atoms with Crippen LogP contribution in [0.3, 0.4) is 0 Å². The van der Waals surface area contributed by atoms with E-state index in [1.807, 2.05) is 0 Å². The van der Waals surface area contributed by atoms with Gasteiger partial charge in [-0.3, -0.25) is 0 Å². The van der Waals surface area contributed by atoms with Crippen molar-refractivity contribution in [2.24, 2.45) is 0 Å². The summed E-state index contributed by atoms with van der Waals surface area (Å²) < 4.78 is 42.7. The summed E-state index contributed by atoms with van der Waals surface area (Å²) >= 11 is 0. The zero-order valence-electron chi connectivity index (χ0n) is 33.7. The minimum Gasteiger partial charge on any atom is -0.494 e. The fourth-order valence-electron chi connectivity index (χ4n) is 5.15. The second-order valence-corrected chi connectivity index (χ2v) is 13.1. The van der Waals surface area contributed by atoms with Crippen LogP contribution in [0.25, 0.3) is 0 Å². The van der Waals surface area contributed by atoms with Crippen molar-refractivity contribution >= 4 is 35.8 Å². The van der Waals surface area contributed by atoms with Crippen LogP contribution in [0.1, 0.15) is 86.4 Å². The van der Waals surface area contributed by atoms with Gasteiger partial charge in [0.1, 0.15) is 23.0 Å². The normalized spacial score (nSPS) is 10.4. The Balaban J connectivity index is 1.04. The fraction of sp³-hybridized carbons (Fsp3) is 0.277. The summed E-state index contributed by atoms with van der Waals surface area (Å²) in [5.41, 5.74) is 1.23. The molecule has 0 N–H and O–H groups in total. The lowest BCUT2D eigenvalue weighted by Crippen LogP contribution is -2.10. The van der Waals surface area contributed by atoms with E-state index in [4.69, 9.17) is 37.9 Å². The minimum absolute atomic E-state index is 0.171. The van der Waals surface area contributed by atoms with Crippen molar-refractivity contribution in [3.63, 3.8) is 0 Å². The van der Waals surface area contributed by atoms with E-state index in [0.29, 0.717) is 91.9 Å². The molecule has 61 heavy (non-hydrogen) atoms. The Morgan fingerprint density at radius 3 is 0.967 bits per heavy atom. The number of carbonyl (C=O) groups excluding carboxylic acids is 6. The number of ether oxygens (including phenoxy) is 8. The van der Waals surface area contributed by atoms with Gasteiger partial charge in [0.15, 0.2) is 0 Å². The van der Waals surface area contributed by atoms with Crippen LogP contribution in [-0.4, -0.2) is 75.5 Å². The maximum atomic E-state index is 12.6. The second-order valence-electron chi connectivity index (χ2n) is 13.1. The van der Waals surface area contributed by atoms with Crippen molar-refractivity contribution in [2.45, 2.75) is 44.9 Å². The highest BCUT2D eigenvalue weighted by molar-refractivity contribution is 5.93. The Morgan fingerprint density at radius 2 is 0.623 bits per heavy atom. The number of benzene rings is 4. The van der Waals surface area contributed by atoms with Crippen LogP contribution in [0.15, 0.2) is 122 Å². The van der Waals surface area contributed by atoms with E-state index in [2.05, 4.69) is 13.2 Å². The molecule has 4 aromatic rings. The Morgan fingerprint density at radius 1 is 0.344 bits per heavy atom. The quantitative estimate of drug-likeness (QED) is 0.0195. The predicted octanol–water partition coefficient (Wildman–Crippen LogP) is 8.09. The molecular formula is C47H48O14. The van der Waals surface area contributed by atoms with Crippen molar-refractivity contribution in [3.05, 3.63) is 145 Å². The van der Waals surface area contributed by atoms with Crippen molar-refractivity contribution in [1.29, 1.82) is 0 Å². The average molecular weight is 837 g/mol. The molecule has 14 nitrogen and oxygen atoms in total. The molecule has 0 amide bonds. The molecule has 0 aromatic heterocycles. The van der Waals surface area contributed by atoms with Crippen LogP contribution >= 0.6 is 0 Å². The highest BCUT2D eigenvalue weighted by Crippen LogP contribution is 2.20. The van der Waals surface area contributed by atoms with Gasteiger partial charge in [-0.2, -0.15) is 0 Å². The van der Waals surface area contributed by atoms with Gasteiger partial charge in [-0.05, 0) is 142 Å². The van der Waals surface area contributed by atoms with E-state index >= 15 is 0 Å². The topological polar surface area (TPSA) is 176 Å². The fourth-order valence-corrected chi connectivity index (χ4v) is 5.15.